The average Bonchev–Trinajstić information content (AvgIpc) is 2.53. The van der Waals surface area contributed by atoms with E-state index in [9.17, 15) is 0 Å². The zero-order chi connectivity index (χ0) is 9.57. The second kappa shape index (κ2) is 5.43. The van der Waals surface area contributed by atoms with Gasteiger partial charge in [0, 0.05) is 5.54 Å². The van der Waals surface area contributed by atoms with Gasteiger partial charge in [-0.2, -0.15) is 0 Å². The van der Waals surface area contributed by atoms with Crippen molar-refractivity contribution in [2.45, 2.75) is 57.4 Å². The molecule has 0 aromatic rings. The van der Waals surface area contributed by atoms with Crippen molar-refractivity contribution in [3.05, 3.63) is 12.7 Å². The lowest BCUT2D eigenvalue weighted by Crippen LogP contribution is -2.35. The van der Waals surface area contributed by atoms with Crippen molar-refractivity contribution in [1.29, 1.82) is 0 Å². The summed E-state index contributed by atoms with van der Waals surface area (Å²) in [6.45, 7) is 7.33. The minimum atomic E-state index is 0.466. The molecule has 76 valence electrons. The first-order valence-electron chi connectivity index (χ1n) is 5.63. The van der Waals surface area contributed by atoms with Gasteiger partial charge in [-0.3, -0.25) is 0 Å². The predicted octanol–water partition coefficient (Wildman–Crippen LogP) is 3.27. The van der Waals surface area contributed by atoms with Gasteiger partial charge in [0.25, 0.3) is 0 Å². The molecule has 1 nitrogen and oxygen atoms in total. The molecule has 1 heterocycles. The molecule has 1 rings (SSSR count). The lowest BCUT2D eigenvalue weighted by atomic mass is 9.93. The topological polar surface area (TPSA) is 12.0 Å². The molecule has 1 unspecified atom stereocenters. The summed E-state index contributed by atoms with van der Waals surface area (Å²) >= 11 is 0. The third-order valence-corrected chi connectivity index (χ3v) is 3.09. The first kappa shape index (κ1) is 10.8. The van der Waals surface area contributed by atoms with Crippen LogP contribution in [0.15, 0.2) is 12.7 Å². The summed E-state index contributed by atoms with van der Waals surface area (Å²) in [5.74, 6) is 0. The Kier molecular flexibility index (Phi) is 4.51. The number of unbranched alkanes of at least 4 members (excludes halogenated alkanes) is 3. The van der Waals surface area contributed by atoms with E-state index in [0.717, 1.165) is 0 Å². The normalized spacial score (nSPS) is 27.8. The zero-order valence-corrected chi connectivity index (χ0v) is 8.94. The second-order valence-corrected chi connectivity index (χ2v) is 4.48. The van der Waals surface area contributed by atoms with Gasteiger partial charge in [0.05, 0.1) is 0 Å². The molecule has 1 N–H and O–H groups in total. The molecule has 13 heavy (non-hydrogen) atoms. The van der Waals surface area contributed by atoms with Crippen LogP contribution >= 0.6 is 0 Å². The van der Waals surface area contributed by atoms with Crippen molar-refractivity contribution in [2.24, 2.45) is 0 Å². The summed E-state index contributed by atoms with van der Waals surface area (Å²) in [6, 6.07) is 0. The highest BCUT2D eigenvalue weighted by Crippen LogP contribution is 2.24. The number of allylic oxidation sites excluding steroid dienone is 1. The maximum atomic E-state index is 3.74. The van der Waals surface area contributed by atoms with Crippen LogP contribution in [0.2, 0.25) is 0 Å². The molecule has 1 saturated heterocycles. The number of rotatable bonds is 6. The van der Waals surface area contributed by atoms with Gasteiger partial charge in [0.1, 0.15) is 0 Å². The predicted molar refractivity (Wildman–Crippen MR) is 58.9 cm³/mol. The summed E-state index contributed by atoms with van der Waals surface area (Å²) in [4.78, 5) is 0. The Labute approximate surface area is 82.6 Å². The molecule has 1 aliphatic rings. The van der Waals surface area contributed by atoms with E-state index >= 15 is 0 Å². The van der Waals surface area contributed by atoms with Gasteiger partial charge in [0.2, 0.25) is 0 Å². The highest BCUT2D eigenvalue weighted by molar-refractivity contribution is 4.88. The zero-order valence-electron chi connectivity index (χ0n) is 8.94. The number of hydrogen-bond donors (Lipinski definition) is 1. The molecule has 0 spiro atoms. The fraction of sp³-hybridized carbons (Fsp3) is 0.833. The van der Waals surface area contributed by atoms with E-state index in [2.05, 4.69) is 18.8 Å². The van der Waals surface area contributed by atoms with Crippen molar-refractivity contribution in [3.8, 4) is 0 Å². The van der Waals surface area contributed by atoms with Crippen molar-refractivity contribution in [1.82, 2.24) is 5.32 Å². The quantitative estimate of drug-likeness (QED) is 0.490. The third kappa shape index (κ3) is 3.95. The van der Waals surface area contributed by atoms with Crippen molar-refractivity contribution < 1.29 is 0 Å². The maximum Gasteiger partial charge on any atom is 0.0153 e. The van der Waals surface area contributed by atoms with Crippen LogP contribution in [0.4, 0.5) is 0 Å². The summed E-state index contributed by atoms with van der Waals surface area (Å²) in [5, 5.41) is 3.60. The second-order valence-electron chi connectivity index (χ2n) is 4.48. The SMILES string of the molecule is C=CCCCCCC1(C)CCCN1. The van der Waals surface area contributed by atoms with Crippen LogP contribution < -0.4 is 5.32 Å². The molecule has 1 aliphatic heterocycles. The molecule has 0 bridgehead atoms. The largest absolute Gasteiger partial charge is 0.312 e. The Morgan fingerprint density at radius 3 is 2.85 bits per heavy atom. The monoisotopic (exact) mass is 181 g/mol. The third-order valence-electron chi connectivity index (χ3n) is 3.09. The van der Waals surface area contributed by atoms with Gasteiger partial charge in [-0.1, -0.05) is 18.9 Å². The van der Waals surface area contributed by atoms with Gasteiger partial charge in [-0.15, -0.1) is 6.58 Å². The standard InChI is InChI=1S/C12H23N/c1-3-4-5-6-7-9-12(2)10-8-11-13-12/h3,13H,1,4-11H2,2H3. The molecule has 0 aromatic carbocycles. The Morgan fingerprint density at radius 2 is 2.23 bits per heavy atom. The Bertz CT molecular complexity index is 145. The van der Waals surface area contributed by atoms with E-state index in [1.807, 2.05) is 6.08 Å². The Balaban J connectivity index is 2.01. The average molecular weight is 181 g/mol. The number of nitrogens with one attached hydrogen (secondary N) is 1. The van der Waals surface area contributed by atoms with Crippen molar-refractivity contribution >= 4 is 0 Å². The van der Waals surface area contributed by atoms with Gasteiger partial charge in [-0.25, -0.2) is 0 Å². The van der Waals surface area contributed by atoms with Gasteiger partial charge in [0.15, 0.2) is 0 Å². The lowest BCUT2D eigenvalue weighted by molar-refractivity contribution is 0.367. The molecule has 0 aliphatic carbocycles. The molecule has 0 radical (unpaired) electrons. The molecular weight excluding hydrogens is 158 g/mol. The van der Waals surface area contributed by atoms with Crippen LogP contribution in [0.1, 0.15) is 51.9 Å². The maximum absolute atomic E-state index is 3.74. The van der Waals surface area contributed by atoms with Crippen LogP contribution in [0, 0.1) is 0 Å². The van der Waals surface area contributed by atoms with E-state index in [4.69, 9.17) is 0 Å². The van der Waals surface area contributed by atoms with Gasteiger partial charge < -0.3 is 5.32 Å². The molecule has 1 heteroatoms. The van der Waals surface area contributed by atoms with E-state index in [-0.39, 0.29) is 0 Å². The minimum Gasteiger partial charge on any atom is -0.312 e. The van der Waals surface area contributed by atoms with Crippen molar-refractivity contribution in [2.75, 3.05) is 6.54 Å². The first-order valence-corrected chi connectivity index (χ1v) is 5.63. The molecular formula is C12H23N. The highest BCUT2D eigenvalue weighted by atomic mass is 15.0. The van der Waals surface area contributed by atoms with E-state index in [0.29, 0.717) is 5.54 Å². The summed E-state index contributed by atoms with van der Waals surface area (Å²) in [7, 11) is 0. The first-order chi connectivity index (χ1) is 6.27. The molecule has 0 amide bonds. The van der Waals surface area contributed by atoms with E-state index in [1.54, 1.807) is 0 Å². The summed E-state index contributed by atoms with van der Waals surface area (Å²) in [6.07, 6.45) is 11.3. The smallest absolute Gasteiger partial charge is 0.0153 e. The van der Waals surface area contributed by atoms with Crippen molar-refractivity contribution in [3.63, 3.8) is 0 Å². The molecule has 1 fully saturated rings. The fourth-order valence-corrected chi connectivity index (χ4v) is 2.15. The lowest BCUT2D eigenvalue weighted by Gasteiger charge is -2.23. The van der Waals surface area contributed by atoms with Gasteiger partial charge >= 0.3 is 0 Å². The Morgan fingerprint density at radius 1 is 1.38 bits per heavy atom. The van der Waals surface area contributed by atoms with Crippen LogP contribution in [-0.2, 0) is 0 Å². The highest BCUT2D eigenvalue weighted by Gasteiger charge is 2.26. The van der Waals surface area contributed by atoms with Crippen LogP contribution in [0.5, 0.6) is 0 Å². The van der Waals surface area contributed by atoms with Crippen LogP contribution in [0.25, 0.3) is 0 Å². The fourth-order valence-electron chi connectivity index (χ4n) is 2.15. The summed E-state index contributed by atoms with van der Waals surface area (Å²) in [5.41, 5.74) is 0.466. The number of hydrogen-bond acceptors (Lipinski definition) is 1. The molecule has 0 aromatic heterocycles. The molecule has 1 atom stereocenters. The summed E-state index contributed by atoms with van der Waals surface area (Å²) < 4.78 is 0. The van der Waals surface area contributed by atoms with E-state index < -0.39 is 0 Å². The van der Waals surface area contributed by atoms with Crippen LogP contribution in [-0.4, -0.2) is 12.1 Å². The van der Waals surface area contributed by atoms with Crippen LogP contribution in [0.3, 0.4) is 0 Å². The van der Waals surface area contributed by atoms with Gasteiger partial charge in [-0.05, 0) is 45.6 Å². The molecule has 0 saturated carbocycles. The minimum absolute atomic E-state index is 0.466. The van der Waals surface area contributed by atoms with E-state index in [1.165, 1.54) is 51.5 Å². The Hall–Kier alpha value is -0.300.